The van der Waals surface area contributed by atoms with Crippen LogP contribution in [0, 0.1) is 3.57 Å². The van der Waals surface area contributed by atoms with Crippen LogP contribution in [0.25, 0.3) is 0 Å². The van der Waals surface area contributed by atoms with E-state index in [9.17, 15) is 4.79 Å². The van der Waals surface area contributed by atoms with Crippen LogP contribution in [0.15, 0.2) is 42.5 Å². The minimum absolute atomic E-state index is 0.209. The molecule has 3 N–H and O–H groups in total. The number of benzene rings is 2. The van der Waals surface area contributed by atoms with Gasteiger partial charge in [0.1, 0.15) is 0 Å². The number of hydrogen-bond acceptors (Lipinski definition) is 2. The molecule has 0 aliphatic carbocycles. The Bertz CT molecular complexity index is 601. The van der Waals surface area contributed by atoms with Gasteiger partial charge in [0.2, 0.25) is 0 Å². The highest BCUT2D eigenvalue weighted by atomic mass is 127. The number of hydrogen-bond donors (Lipinski definition) is 2. The fraction of sp³-hybridized carbons (Fsp3) is 0. The van der Waals surface area contributed by atoms with E-state index >= 15 is 0 Å². The van der Waals surface area contributed by atoms with Gasteiger partial charge in [0.15, 0.2) is 0 Å². The number of nitrogen functional groups attached to an aromatic ring is 1. The third kappa shape index (κ3) is 3.14. The molecule has 2 aromatic rings. The molecule has 2 rings (SSSR count). The van der Waals surface area contributed by atoms with Crippen LogP contribution in [0.2, 0.25) is 5.02 Å². The molecular weight excluding hydrogens is 363 g/mol. The molecule has 0 bridgehead atoms. The second kappa shape index (κ2) is 5.58. The largest absolute Gasteiger partial charge is 0.399 e. The molecule has 1 amide bonds. The summed E-state index contributed by atoms with van der Waals surface area (Å²) in [6.45, 7) is 0. The lowest BCUT2D eigenvalue weighted by Crippen LogP contribution is -2.12. The standard InChI is InChI=1S/C13H10ClIN2O/c14-11-6-8(4-5-12(11)15)13(18)17-10-3-1-2-9(16)7-10/h1-7H,16H2,(H,17,18). The lowest BCUT2D eigenvalue weighted by atomic mass is 10.2. The molecule has 0 atom stereocenters. The Morgan fingerprint density at radius 1 is 1.22 bits per heavy atom. The maximum absolute atomic E-state index is 12.0. The van der Waals surface area contributed by atoms with Crippen LogP contribution in [-0.4, -0.2) is 5.91 Å². The van der Waals surface area contributed by atoms with Gasteiger partial charge in [-0.25, -0.2) is 0 Å². The molecule has 0 spiro atoms. The van der Waals surface area contributed by atoms with Crippen molar-refractivity contribution in [3.05, 3.63) is 56.6 Å². The van der Waals surface area contributed by atoms with Gasteiger partial charge in [-0.2, -0.15) is 0 Å². The molecule has 0 fully saturated rings. The first-order valence-electron chi connectivity index (χ1n) is 5.18. The van der Waals surface area contributed by atoms with Gasteiger partial charge in [-0.15, -0.1) is 0 Å². The van der Waals surface area contributed by atoms with Crippen LogP contribution in [0.4, 0.5) is 11.4 Å². The van der Waals surface area contributed by atoms with Crippen LogP contribution in [0.5, 0.6) is 0 Å². The van der Waals surface area contributed by atoms with E-state index in [2.05, 4.69) is 27.9 Å². The van der Waals surface area contributed by atoms with Crippen molar-refractivity contribution >= 4 is 51.5 Å². The molecule has 0 aromatic heterocycles. The fourth-order valence-electron chi connectivity index (χ4n) is 1.46. The zero-order valence-corrected chi connectivity index (χ0v) is 12.2. The molecule has 0 saturated heterocycles. The number of nitrogens with two attached hydrogens (primary N) is 1. The SMILES string of the molecule is Nc1cccc(NC(=O)c2ccc(I)c(Cl)c2)c1. The highest BCUT2D eigenvalue weighted by Crippen LogP contribution is 2.20. The summed E-state index contributed by atoms with van der Waals surface area (Å²) in [5.41, 5.74) is 7.43. The van der Waals surface area contributed by atoms with Crippen molar-refractivity contribution in [2.24, 2.45) is 0 Å². The number of halogens is 2. The Kier molecular flexibility index (Phi) is 4.08. The lowest BCUT2D eigenvalue weighted by molar-refractivity contribution is 0.102. The van der Waals surface area contributed by atoms with Crippen molar-refractivity contribution in [2.75, 3.05) is 11.1 Å². The summed E-state index contributed by atoms with van der Waals surface area (Å²) in [4.78, 5) is 12.0. The molecule has 5 heteroatoms. The van der Waals surface area contributed by atoms with Gasteiger partial charge in [-0.1, -0.05) is 17.7 Å². The molecule has 18 heavy (non-hydrogen) atoms. The van der Waals surface area contributed by atoms with Crippen molar-refractivity contribution in [1.29, 1.82) is 0 Å². The Hall–Kier alpha value is -1.27. The summed E-state index contributed by atoms with van der Waals surface area (Å²) in [5.74, 6) is -0.209. The molecule has 0 unspecified atom stereocenters. The minimum atomic E-state index is -0.209. The van der Waals surface area contributed by atoms with Crippen LogP contribution in [0.3, 0.4) is 0 Å². The first kappa shape index (κ1) is 13.2. The van der Waals surface area contributed by atoms with Gasteiger partial charge in [0.05, 0.1) is 5.02 Å². The van der Waals surface area contributed by atoms with E-state index in [0.29, 0.717) is 22.0 Å². The van der Waals surface area contributed by atoms with Crippen LogP contribution in [-0.2, 0) is 0 Å². The lowest BCUT2D eigenvalue weighted by Gasteiger charge is -2.06. The van der Waals surface area contributed by atoms with E-state index in [4.69, 9.17) is 17.3 Å². The first-order valence-corrected chi connectivity index (χ1v) is 6.64. The highest BCUT2D eigenvalue weighted by molar-refractivity contribution is 14.1. The van der Waals surface area contributed by atoms with E-state index in [1.807, 2.05) is 0 Å². The number of amides is 1. The summed E-state index contributed by atoms with van der Waals surface area (Å²) in [6.07, 6.45) is 0. The van der Waals surface area contributed by atoms with Crippen LogP contribution < -0.4 is 11.1 Å². The zero-order chi connectivity index (χ0) is 13.1. The molecule has 92 valence electrons. The number of carbonyl (C=O) groups is 1. The zero-order valence-electron chi connectivity index (χ0n) is 9.28. The van der Waals surface area contributed by atoms with Gasteiger partial charge in [0.25, 0.3) is 5.91 Å². The molecule has 2 aromatic carbocycles. The Balaban J connectivity index is 2.19. The third-order valence-electron chi connectivity index (χ3n) is 2.33. The van der Waals surface area contributed by atoms with E-state index < -0.39 is 0 Å². The van der Waals surface area contributed by atoms with E-state index in [1.54, 1.807) is 42.5 Å². The molecule has 0 heterocycles. The van der Waals surface area contributed by atoms with Crippen molar-refractivity contribution in [2.45, 2.75) is 0 Å². The van der Waals surface area contributed by atoms with Crippen molar-refractivity contribution < 1.29 is 4.79 Å². The Morgan fingerprint density at radius 2 is 2.00 bits per heavy atom. The average Bonchev–Trinajstić information content (AvgIpc) is 2.32. The maximum atomic E-state index is 12.0. The molecule has 0 aliphatic heterocycles. The number of nitrogens with one attached hydrogen (secondary N) is 1. The summed E-state index contributed by atoms with van der Waals surface area (Å²) < 4.78 is 0.912. The summed E-state index contributed by atoms with van der Waals surface area (Å²) >= 11 is 8.09. The van der Waals surface area contributed by atoms with Gasteiger partial charge in [-0.05, 0) is 59.0 Å². The Labute approximate surface area is 123 Å². The molecule has 0 saturated carbocycles. The predicted octanol–water partition coefficient (Wildman–Crippen LogP) is 3.78. The van der Waals surface area contributed by atoms with Gasteiger partial charge < -0.3 is 11.1 Å². The van der Waals surface area contributed by atoms with Crippen molar-refractivity contribution in [3.63, 3.8) is 0 Å². The van der Waals surface area contributed by atoms with Crippen LogP contribution in [0.1, 0.15) is 10.4 Å². The first-order chi connectivity index (χ1) is 8.56. The molecular formula is C13H10ClIN2O. The second-order valence-electron chi connectivity index (χ2n) is 3.71. The molecule has 0 aliphatic rings. The van der Waals surface area contributed by atoms with E-state index in [-0.39, 0.29) is 5.91 Å². The third-order valence-corrected chi connectivity index (χ3v) is 3.90. The minimum Gasteiger partial charge on any atom is -0.399 e. The smallest absolute Gasteiger partial charge is 0.255 e. The fourth-order valence-corrected chi connectivity index (χ4v) is 1.97. The Morgan fingerprint density at radius 3 is 2.67 bits per heavy atom. The van der Waals surface area contributed by atoms with Crippen molar-refractivity contribution in [1.82, 2.24) is 0 Å². The normalized spacial score (nSPS) is 10.1. The number of rotatable bonds is 2. The number of anilines is 2. The quantitative estimate of drug-likeness (QED) is 0.623. The summed E-state index contributed by atoms with van der Waals surface area (Å²) in [6, 6.07) is 12.2. The van der Waals surface area contributed by atoms with Crippen LogP contribution >= 0.6 is 34.2 Å². The highest BCUT2D eigenvalue weighted by Gasteiger charge is 2.08. The number of carbonyl (C=O) groups excluding carboxylic acids is 1. The van der Waals surface area contributed by atoms with Gasteiger partial charge in [0, 0.05) is 20.5 Å². The van der Waals surface area contributed by atoms with Gasteiger partial charge >= 0.3 is 0 Å². The average molecular weight is 373 g/mol. The van der Waals surface area contributed by atoms with Crippen molar-refractivity contribution in [3.8, 4) is 0 Å². The molecule has 3 nitrogen and oxygen atoms in total. The summed E-state index contributed by atoms with van der Waals surface area (Å²) in [7, 11) is 0. The second-order valence-corrected chi connectivity index (χ2v) is 5.28. The molecule has 0 radical (unpaired) electrons. The summed E-state index contributed by atoms with van der Waals surface area (Å²) in [5, 5.41) is 3.33. The van der Waals surface area contributed by atoms with Gasteiger partial charge in [-0.3, -0.25) is 4.79 Å². The van der Waals surface area contributed by atoms with E-state index in [0.717, 1.165) is 3.57 Å². The monoisotopic (exact) mass is 372 g/mol. The topological polar surface area (TPSA) is 55.1 Å². The predicted molar refractivity (Wildman–Crippen MR) is 83.0 cm³/mol. The van der Waals surface area contributed by atoms with E-state index in [1.165, 1.54) is 0 Å². The maximum Gasteiger partial charge on any atom is 0.255 e.